The zero-order chi connectivity index (χ0) is 27.9. The lowest BCUT2D eigenvalue weighted by Gasteiger charge is -2.41. The lowest BCUT2D eigenvalue weighted by atomic mass is 9.85. The number of aromatic nitrogens is 4. The molecule has 0 saturated carbocycles. The van der Waals surface area contributed by atoms with Crippen LogP contribution in [0.5, 0.6) is 5.88 Å². The first kappa shape index (κ1) is 25.2. The standard InChI is InChI=1S/C28H25N7O5/c36-22-10-13-29-26(32-22)35-27(40)34(20-8-6-19(7-9-20)18-4-2-1-3-5-18)25(39)28(35)11-14-33(15-12-28)16-21-23(24(37)38)31-17-30-21/h1-10,13,17H,11-12,14-16H2,(H,30,31)(H,37,38)(H,29,32,36). The Morgan fingerprint density at radius 2 is 1.65 bits per heavy atom. The maximum absolute atomic E-state index is 14.1. The van der Waals surface area contributed by atoms with Gasteiger partial charge in [0.25, 0.3) is 5.91 Å². The molecule has 40 heavy (non-hydrogen) atoms. The van der Waals surface area contributed by atoms with Crippen LogP contribution in [0.25, 0.3) is 11.1 Å². The second kappa shape index (κ2) is 9.89. The Kier molecular flexibility index (Phi) is 6.23. The summed E-state index contributed by atoms with van der Waals surface area (Å²) in [7, 11) is 0. The Morgan fingerprint density at radius 1 is 0.950 bits per heavy atom. The second-order valence-electron chi connectivity index (χ2n) is 9.72. The van der Waals surface area contributed by atoms with E-state index in [-0.39, 0.29) is 36.9 Å². The van der Waals surface area contributed by atoms with Gasteiger partial charge in [0.05, 0.1) is 17.7 Å². The molecule has 6 rings (SSSR count). The molecule has 0 unspecified atom stereocenters. The van der Waals surface area contributed by atoms with Gasteiger partial charge in [-0.2, -0.15) is 4.98 Å². The number of likely N-dealkylation sites (tertiary alicyclic amines) is 1. The predicted octanol–water partition coefficient (Wildman–Crippen LogP) is 3.28. The minimum atomic E-state index is -1.28. The van der Waals surface area contributed by atoms with Gasteiger partial charge in [0.15, 0.2) is 0 Å². The van der Waals surface area contributed by atoms with E-state index >= 15 is 0 Å². The zero-order valence-electron chi connectivity index (χ0n) is 21.3. The topological polar surface area (TPSA) is 156 Å². The Bertz CT molecular complexity index is 1580. The fourth-order valence-electron chi connectivity index (χ4n) is 5.42. The molecule has 0 aliphatic carbocycles. The van der Waals surface area contributed by atoms with E-state index in [9.17, 15) is 24.6 Å². The van der Waals surface area contributed by atoms with Crippen LogP contribution in [0, 0.1) is 0 Å². The molecule has 0 radical (unpaired) electrons. The van der Waals surface area contributed by atoms with Crippen molar-refractivity contribution in [1.82, 2.24) is 24.8 Å². The smallest absolute Gasteiger partial charge is 0.354 e. The van der Waals surface area contributed by atoms with Gasteiger partial charge in [-0.1, -0.05) is 42.5 Å². The summed E-state index contributed by atoms with van der Waals surface area (Å²) in [4.78, 5) is 59.0. The molecule has 0 atom stereocenters. The minimum absolute atomic E-state index is 0.0207. The van der Waals surface area contributed by atoms with Gasteiger partial charge in [0, 0.05) is 31.9 Å². The number of benzene rings is 2. The number of imidazole rings is 1. The summed E-state index contributed by atoms with van der Waals surface area (Å²) >= 11 is 0. The fourth-order valence-corrected chi connectivity index (χ4v) is 5.42. The van der Waals surface area contributed by atoms with E-state index in [2.05, 4.69) is 19.9 Å². The molecule has 2 aliphatic rings. The maximum Gasteiger partial charge on any atom is 0.354 e. The van der Waals surface area contributed by atoms with Gasteiger partial charge >= 0.3 is 12.0 Å². The number of carbonyl (C=O) groups is 3. The molecule has 3 amide bonds. The van der Waals surface area contributed by atoms with E-state index in [4.69, 9.17) is 0 Å². The number of piperidine rings is 1. The number of aromatic carboxylic acids is 1. The van der Waals surface area contributed by atoms with Crippen LogP contribution in [0.4, 0.5) is 16.4 Å². The molecule has 2 aromatic carbocycles. The highest BCUT2D eigenvalue weighted by atomic mass is 16.4. The van der Waals surface area contributed by atoms with E-state index in [1.807, 2.05) is 47.4 Å². The molecule has 2 aromatic heterocycles. The molecular formula is C28H25N7O5. The molecule has 202 valence electrons. The maximum atomic E-state index is 14.1. The molecule has 4 aromatic rings. The number of imide groups is 1. The number of anilines is 2. The molecule has 2 fully saturated rings. The summed E-state index contributed by atoms with van der Waals surface area (Å²) in [5.41, 5.74) is 1.51. The number of hydrogen-bond donors (Lipinski definition) is 3. The quantitative estimate of drug-likeness (QED) is 0.313. The summed E-state index contributed by atoms with van der Waals surface area (Å²) in [5, 5.41) is 19.4. The summed E-state index contributed by atoms with van der Waals surface area (Å²) in [5.74, 6) is -1.87. The summed E-state index contributed by atoms with van der Waals surface area (Å²) in [6.07, 6.45) is 3.18. The number of carboxylic acid groups (broad SMARTS) is 1. The van der Waals surface area contributed by atoms with Gasteiger partial charge in [-0.05, 0) is 36.1 Å². The number of aromatic hydroxyl groups is 1. The molecule has 2 saturated heterocycles. The van der Waals surface area contributed by atoms with Crippen LogP contribution < -0.4 is 9.80 Å². The van der Waals surface area contributed by atoms with Crippen molar-refractivity contribution in [2.75, 3.05) is 22.9 Å². The fraction of sp³-hybridized carbons (Fsp3) is 0.214. The first-order chi connectivity index (χ1) is 19.4. The van der Waals surface area contributed by atoms with Crippen LogP contribution in [0.15, 0.2) is 73.2 Å². The first-order valence-electron chi connectivity index (χ1n) is 12.7. The van der Waals surface area contributed by atoms with E-state index in [1.165, 1.54) is 23.5 Å². The lowest BCUT2D eigenvalue weighted by molar-refractivity contribution is -0.123. The van der Waals surface area contributed by atoms with Crippen molar-refractivity contribution < 1.29 is 24.6 Å². The first-order valence-corrected chi connectivity index (χ1v) is 12.7. The average Bonchev–Trinajstić information content (AvgIpc) is 3.51. The van der Waals surface area contributed by atoms with Crippen molar-refractivity contribution >= 4 is 29.5 Å². The van der Waals surface area contributed by atoms with Gasteiger partial charge in [-0.15, -0.1) is 0 Å². The normalized spacial score (nSPS) is 17.1. The summed E-state index contributed by atoms with van der Waals surface area (Å²) in [6, 6.07) is 17.7. The van der Waals surface area contributed by atoms with Gasteiger partial charge in [-0.3, -0.25) is 9.69 Å². The molecule has 12 nitrogen and oxygen atoms in total. The molecule has 0 bridgehead atoms. The molecule has 1 spiro atoms. The third-order valence-corrected chi connectivity index (χ3v) is 7.46. The predicted molar refractivity (Wildman–Crippen MR) is 144 cm³/mol. The van der Waals surface area contributed by atoms with Gasteiger partial charge in [0.2, 0.25) is 11.8 Å². The van der Waals surface area contributed by atoms with Gasteiger partial charge in [0.1, 0.15) is 11.2 Å². The van der Waals surface area contributed by atoms with Gasteiger partial charge < -0.3 is 15.2 Å². The van der Waals surface area contributed by atoms with Crippen LogP contribution in [0.1, 0.15) is 29.0 Å². The third kappa shape index (κ3) is 4.24. The number of hydrogen-bond acceptors (Lipinski definition) is 8. The summed E-state index contributed by atoms with van der Waals surface area (Å²) in [6.45, 7) is 1.05. The number of carboxylic acids is 1. The largest absolute Gasteiger partial charge is 0.493 e. The van der Waals surface area contributed by atoms with Crippen molar-refractivity contribution in [3.63, 3.8) is 0 Å². The Morgan fingerprint density at radius 3 is 2.33 bits per heavy atom. The number of aromatic amines is 1. The van der Waals surface area contributed by atoms with Crippen molar-refractivity contribution in [3.05, 3.63) is 84.6 Å². The molecular weight excluding hydrogens is 514 g/mol. The average molecular weight is 540 g/mol. The zero-order valence-corrected chi connectivity index (χ0v) is 21.3. The highest BCUT2D eigenvalue weighted by Gasteiger charge is 2.60. The van der Waals surface area contributed by atoms with Crippen LogP contribution in [-0.2, 0) is 11.3 Å². The number of carbonyl (C=O) groups excluding carboxylic acids is 2. The van der Waals surface area contributed by atoms with Crippen molar-refractivity contribution in [2.45, 2.75) is 24.9 Å². The Hall–Kier alpha value is -5.10. The third-order valence-electron chi connectivity index (χ3n) is 7.46. The number of rotatable bonds is 6. The van der Waals surface area contributed by atoms with Crippen molar-refractivity contribution in [3.8, 4) is 17.0 Å². The highest BCUT2D eigenvalue weighted by molar-refractivity contribution is 6.30. The number of nitrogens with one attached hydrogen (secondary N) is 1. The van der Waals surface area contributed by atoms with Crippen LogP contribution >= 0.6 is 0 Å². The minimum Gasteiger partial charge on any atom is -0.493 e. The number of nitrogens with zero attached hydrogens (tertiary/aromatic N) is 6. The molecule has 12 heteroatoms. The molecule has 3 N–H and O–H groups in total. The van der Waals surface area contributed by atoms with E-state index in [1.54, 1.807) is 12.1 Å². The van der Waals surface area contributed by atoms with Crippen LogP contribution in [0.2, 0.25) is 0 Å². The van der Waals surface area contributed by atoms with Gasteiger partial charge in [-0.25, -0.2) is 29.4 Å². The lowest BCUT2D eigenvalue weighted by Crippen LogP contribution is -2.57. The number of H-pyrrole nitrogens is 1. The highest BCUT2D eigenvalue weighted by Crippen LogP contribution is 2.42. The molecule has 2 aliphatic heterocycles. The second-order valence-corrected chi connectivity index (χ2v) is 9.72. The number of urea groups is 1. The Labute approximate surface area is 228 Å². The summed E-state index contributed by atoms with van der Waals surface area (Å²) < 4.78 is 0. The van der Waals surface area contributed by atoms with E-state index in [0.717, 1.165) is 16.0 Å². The number of amides is 3. The van der Waals surface area contributed by atoms with E-state index < -0.39 is 23.4 Å². The van der Waals surface area contributed by atoms with E-state index in [0.29, 0.717) is 24.5 Å². The molecule has 4 heterocycles. The van der Waals surface area contributed by atoms with Crippen molar-refractivity contribution in [1.29, 1.82) is 0 Å². The monoisotopic (exact) mass is 539 g/mol. The van der Waals surface area contributed by atoms with Crippen LogP contribution in [0.3, 0.4) is 0 Å². The van der Waals surface area contributed by atoms with Crippen molar-refractivity contribution in [2.24, 2.45) is 0 Å². The SMILES string of the molecule is O=C(O)c1[nH]cnc1CN1CCC2(CC1)C(=O)N(c1ccc(-c3ccccc3)cc1)C(=O)N2c1nccc(O)n1. The Balaban J connectivity index is 1.31. The van der Waals surface area contributed by atoms with Crippen LogP contribution in [-0.4, -0.2) is 71.6 Å².